The Bertz CT molecular complexity index is 402. The number of carboxylic acids is 1. The van der Waals surface area contributed by atoms with E-state index in [4.69, 9.17) is 0 Å². The second-order valence-corrected chi connectivity index (χ2v) is 6.77. The summed E-state index contributed by atoms with van der Waals surface area (Å²) in [5.41, 5.74) is -0.780. The highest BCUT2D eigenvalue weighted by atomic mass is 16.4. The summed E-state index contributed by atoms with van der Waals surface area (Å²) < 4.78 is 0. The van der Waals surface area contributed by atoms with Crippen LogP contribution in [0.1, 0.15) is 47.0 Å². The number of nitrogens with zero attached hydrogens (tertiary/aromatic N) is 2. The van der Waals surface area contributed by atoms with Crippen LogP contribution < -0.4 is 0 Å². The lowest BCUT2D eigenvalue weighted by Crippen LogP contribution is -2.50. The maximum absolute atomic E-state index is 12.6. The Balaban J connectivity index is 2.03. The molecule has 5 nitrogen and oxygen atoms in total. The Morgan fingerprint density at radius 1 is 1.25 bits per heavy atom. The predicted octanol–water partition coefficient (Wildman–Crippen LogP) is 1.57. The van der Waals surface area contributed by atoms with Crippen molar-refractivity contribution < 1.29 is 14.7 Å². The smallest absolute Gasteiger partial charge is 0.311 e. The van der Waals surface area contributed by atoms with Gasteiger partial charge in [0.25, 0.3) is 0 Å². The number of likely N-dealkylation sites (tertiary alicyclic amines) is 2. The highest BCUT2D eigenvalue weighted by Gasteiger charge is 2.44. The molecule has 1 N–H and O–H groups in total. The largest absolute Gasteiger partial charge is 0.481 e. The van der Waals surface area contributed by atoms with Crippen molar-refractivity contribution in [1.82, 2.24) is 9.80 Å². The number of carbonyl (C=O) groups is 2. The van der Waals surface area contributed by atoms with Gasteiger partial charge in [-0.3, -0.25) is 14.5 Å². The molecule has 0 aliphatic carbocycles. The molecule has 2 aliphatic rings. The number of rotatable bonds is 3. The van der Waals surface area contributed by atoms with Crippen molar-refractivity contribution in [2.75, 3.05) is 13.1 Å². The lowest BCUT2D eigenvalue weighted by atomic mass is 9.90. The summed E-state index contributed by atoms with van der Waals surface area (Å²) in [6, 6.07) is 0.702. The molecule has 0 radical (unpaired) electrons. The van der Waals surface area contributed by atoms with Crippen molar-refractivity contribution in [3.05, 3.63) is 0 Å². The molecule has 0 aromatic carbocycles. The fraction of sp³-hybridized carbons (Fsp3) is 0.867. The molecule has 20 heavy (non-hydrogen) atoms. The minimum atomic E-state index is -0.802. The molecule has 0 aromatic heterocycles. The normalized spacial score (nSPS) is 36.3. The molecule has 2 aliphatic heterocycles. The van der Waals surface area contributed by atoms with E-state index < -0.39 is 11.4 Å². The first-order chi connectivity index (χ1) is 9.26. The molecule has 0 aromatic rings. The Morgan fingerprint density at radius 2 is 1.80 bits per heavy atom. The van der Waals surface area contributed by atoms with E-state index in [1.807, 2.05) is 6.92 Å². The summed E-state index contributed by atoms with van der Waals surface area (Å²) in [4.78, 5) is 27.9. The SMILES string of the molecule is CC1CCC(C)N1C(C)C(=O)N1CCC(C)(C(=O)O)C1. The van der Waals surface area contributed by atoms with Crippen LogP contribution in [0.25, 0.3) is 0 Å². The summed E-state index contributed by atoms with van der Waals surface area (Å²) in [6.45, 7) is 8.91. The van der Waals surface area contributed by atoms with Crippen LogP contribution in [0, 0.1) is 5.41 Å². The Kier molecular flexibility index (Phi) is 4.09. The standard InChI is InChI=1S/C15H26N2O3/c1-10-5-6-11(2)17(10)12(3)13(18)16-8-7-15(4,9-16)14(19)20/h10-12H,5-9H2,1-4H3,(H,19,20). The van der Waals surface area contributed by atoms with Gasteiger partial charge in [0.2, 0.25) is 5.91 Å². The van der Waals surface area contributed by atoms with Gasteiger partial charge in [0.15, 0.2) is 0 Å². The van der Waals surface area contributed by atoms with Crippen molar-refractivity contribution >= 4 is 11.9 Å². The minimum absolute atomic E-state index is 0.0792. The van der Waals surface area contributed by atoms with Crippen LogP contribution in [0.5, 0.6) is 0 Å². The van der Waals surface area contributed by atoms with Crippen LogP contribution in [0.4, 0.5) is 0 Å². The third kappa shape index (κ3) is 2.55. The quantitative estimate of drug-likeness (QED) is 0.853. The van der Waals surface area contributed by atoms with Crippen molar-refractivity contribution in [2.24, 2.45) is 5.41 Å². The minimum Gasteiger partial charge on any atom is -0.481 e. The van der Waals surface area contributed by atoms with Crippen molar-refractivity contribution in [3.63, 3.8) is 0 Å². The van der Waals surface area contributed by atoms with Gasteiger partial charge in [-0.15, -0.1) is 0 Å². The molecule has 2 rings (SSSR count). The van der Waals surface area contributed by atoms with E-state index in [1.165, 1.54) is 0 Å². The lowest BCUT2D eigenvalue weighted by Gasteiger charge is -2.34. The number of amides is 1. The first-order valence-corrected chi connectivity index (χ1v) is 7.56. The monoisotopic (exact) mass is 282 g/mol. The lowest BCUT2D eigenvalue weighted by molar-refractivity contribution is -0.147. The molecule has 2 fully saturated rings. The summed E-state index contributed by atoms with van der Waals surface area (Å²) >= 11 is 0. The van der Waals surface area contributed by atoms with E-state index in [0.29, 0.717) is 31.6 Å². The number of carboxylic acid groups (broad SMARTS) is 1. The number of carbonyl (C=O) groups excluding carboxylic acids is 1. The Morgan fingerprint density at radius 3 is 2.25 bits per heavy atom. The maximum atomic E-state index is 12.6. The molecule has 1 amide bonds. The third-order valence-corrected chi connectivity index (χ3v) is 5.13. The van der Waals surface area contributed by atoms with E-state index in [9.17, 15) is 14.7 Å². The van der Waals surface area contributed by atoms with E-state index in [2.05, 4.69) is 18.7 Å². The van der Waals surface area contributed by atoms with Crippen LogP contribution in [0.15, 0.2) is 0 Å². The van der Waals surface area contributed by atoms with Gasteiger partial charge in [-0.05, 0) is 47.0 Å². The van der Waals surface area contributed by atoms with Gasteiger partial charge in [-0.1, -0.05) is 0 Å². The highest BCUT2D eigenvalue weighted by molar-refractivity contribution is 5.84. The second-order valence-electron chi connectivity index (χ2n) is 6.77. The van der Waals surface area contributed by atoms with Gasteiger partial charge in [0.1, 0.15) is 0 Å². The Hall–Kier alpha value is -1.10. The van der Waals surface area contributed by atoms with E-state index in [1.54, 1.807) is 11.8 Å². The third-order valence-electron chi connectivity index (χ3n) is 5.13. The maximum Gasteiger partial charge on any atom is 0.311 e. The first kappa shape index (κ1) is 15.3. The van der Waals surface area contributed by atoms with E-state index in [-0.39, 0.29) is 11.9 Å². The zero-order valence-electron chi connectivity index (χ0n) is 12.9. The molecule has 4 atom stereocenters. The van der Waals surface area contributed by atoms with Gasteiger partial charge in [-0.2, -0.15) is 0 Å². The molecular weight excluding hydrogens is 256 g/mol. The average Bonchev–Trinajstić information content (AvgIpc) is 2.93. The van der Waals surface area contributed by atoms with Crippen LogP contribution in [-0.4, -0.2) is 58.0 Å². The van der Waals surface area contributed by atoms with Crippen molar-refractivity contribution in [1.29, 1.82) is 0 Å². The summed E-state index contributed by atoms with van der Waals surface area (Å²) in [7, 11) is 0. The average molecular weight is 282 g/mol. The van der Waals surface area contributed by atoms with Gasteiger partial charge < -0.3 is 10.0 Å². The van der Waals surface area contributed by atoms with E-state index in [0.717, 1.165) is 12.8 Å². The summed E-state index contributed by atoms with van der Waals surface area (Å²) in [5.74, 6) is -0.723. The molecule has 5 heteroatoms. The predicted molar refractivity (Wildman–Crippen MR) is 76.4 cm³/mol. The zero-order chi connectivity index (χ0) is 15.1. The van der Waals surface area contributed by atoms with Crippen molar-refractivity contribution in [3.8, 4) is 0 Å². The van der Waals surface area contributed by atoms with Crippen LogP contribution in [0.2, 0.25) is 0 Å². The Labute approximate surface area is 120 Å². The zero-order valence-corrected chi connectivity index (χ0v) is 12.9. The van der Waals surface area contributed by atoms with E-state index >= 15 is 0 Å². The molecular formula is C15H26N2O3. The van der Waals surface area contributed by atoms with Gasteiger partial charge >= 0.3 is 5.97 Å². The number of hydrogen-bond donors (Lipinski definition) is 1. The highest BCUT2D eigenvalue weighted by Crippen LogP contribution is 2.32. The first-order valence-electron chi connectivity index (χ1n) is 7.56. The fourth-order valence-electron chi connectivity index (χ4n) is 3.69. The van der Waals surface area contributed by atoms with Gasteiger partial charge in [0.05, 0.1) is 11.5 Å². The molecule has 0 bridgehead atoms. The van der Waals surface area contributed by atoms with Crippen LogP contribution in [-0.2, 0) is 9.59 Å². The molecule has 2 heterocycles. The molecule has 0 saturated carbocycles. The molecule has 0 spiro atoms. The molecule has 4 unspecified atom stereocenters. The molecule has 2 saturated heterocycles. The van der Waals surface area contributed by atoms with Crippen LogP contribution in [0.3, 0.4) is 0 Å². The van der Waals surface area contributed by atoms with Gasteiger partial charge in [-0.25, -0.2) is 0 Å². The van der Waals surface area contributed by atoms with Crippen LogP contribution >= 0.6 is 0 Å². The summed E-state index contributed by atoms with van der Waals surface area (Å²) in [6.07, 6.45) is 2.81. The van der Waals surface area contributed by atoms with Crippen molar-refractivity contribution in [2.45, 2.75) is 65.1 Å². The topological polar surface area (TPSA) is 60.9 Å². The van der Waals surface area contributed by atoms with Gasteiger partial charge in [0, 0.05) is 25.2 Å². The number of hydrogen-bond acceptors (Lipinski definition) is 3. The molecule has 114 valence electrons. The summed E-state index contributed by atoms with van der Waals surface area (Å²) in [5, 5.41) is 9.26. The fourth-order valence-corrected chi connectivity index (χ4v) is 3.69. The number of aliphatic carboxylic acids is 1. The second kappa shape index (κ2) is 5.35.